The number of nitriles is 1. The van der Waals surface area contributed by atoms with Crippen molar-refractivity contribution in [1.82, 2.24) is 15.0 Å². The Hall–Kier alpha value is -3.41. The van der Waals surface area contributed by atoms with Crippen LogP contribution in [0.3, 0.4) is 0 Å². The van der Waals surface area contributed by atoms with Gasteiger partial charge in [0.1, 0.15) is 11.8 Å². The van der Waals surface area contributed by atoms with Crippen molar-refractivity contribution in [2.24, 2.45) is 5.92 Å². The van der Waals surface area contributed by atoms with Crippen LogP contribution in [0.25, 0.3) is 22.8 Å². The van der Waals surface area contributed by atoms with Crippen molar-refractivity contribution in [3.05, 3.63) is 52.5 Å². The molecule has 1 aliphatic heterocycles. The molecule has 9 heteroatoms. The maximum absolute atomic E-state index is 11.0. The molecule has 8 nitrogen and oxygen atoms in total. The summed E-state index contributed by atoms with van der Waals surface area (Å²) in [5.74, 6) is 0.668. The maximum atomic E-state index is 11.0. The lowest BCUT2D eigenvalue weighted by molar-refractivity contribution is -0.138. The van der Waals surface area contributed by atoms with E-state index in [1.165, 1.54) is 0 Å². The molecule has 1 aliphatic rings. The van der Waals surface area contributed by atoms with E-state index in [2.05, 4.69) is 28.0 Å². The Balaban J connectivity index is 1.46. The topological polar surface area (TPSA) is 112 Å². The van der Waals surface area contributed by atoms with E-state index in [0.29, 0.717) is 39.3 Å². The van der Waals surface area contributed by atoms with E-state index in [4.69, 9.17) is 26.0 Å². The smallest absolute Gasteiger partial charge is 0.303 e. The summed E-state index contributed by atoms with van der Waals surface area (Å²) >= 11 is 6.61. The number of halogens is 1. The van der Waals surface area contributed by atoms with Gasteiger partial charge >= 0.3 is 5.97 Å². The first kappa shape index (κ1) is 25.7. The highest BCUT2D eigenvalue weighted by Gasteiger charge is 2.27. The molecule has 0 radical (unpaired) electrons. The first-order chi connectivity index (χ1) is 17.2. The molecule has 1 fully saturated rings. The van der Waals surface area contributed by atoms with E-state index in [1.54, 1.807) is 18.2 Å². The largest absolute Gasteiger partial charge is 0.490 e. The van der Waals surface area contributed by atoms with Gasteiger partial charge in [-0.3, -0.25) is 9.69 Å². The minimum absolute atomic E-state index is 0.0463. The lowest BCUT2D eigenvalue weighted by atomic mass is 9.89. The molecule has 2 heterocycles. The number of carbonyl (C=O) groups is 1. The Bertz CT molecular complexity index is 1280. The lowest BCUT2D eigenvalue weighted by Gasteiger charge is -2.37. The van der Waals surface area contributed by atoms with Crippen molar-refractivity contribution in [1.29, 1.82) is 5.26 Å². The van der Waals surface area contributed by atoms with Gasteiger partial charge < -0.3 is 14.4 Å². The third-order valence-corrected chi connectivity index (χ3v) is 6.69. The van der Waals surface area contributed by atoms with E-state index in [1.807, 2.05) is 32.0 Å². The van der Waals surface area contributed by atoms with Gasteiger partial charge in [-0.1, -0.05) is 22.8 Å². The number of carboxylic acids is 1. The molecule has 0 saturated carbocycles. The summed E-state index contributed by atoms with van der Waals surface area (Å²) in [6.07, 6.45) is 1.95. The summed E-state index contributed by atoms with van der Waals surface area (Å²) in [4.78, 5) is 17.9. The Kier molecular flexibility index (Phi) is 7.92. The molecule has 2 unspecified atom stereocenters. The van der Waals surface area contributed by atoms with Gasteiger partial charge in [-0.15, -0.1) is 0 Å². The number of rotatable bonds is 8. The van der Waals surface area contributed by atoms with Crippen molar-refractivity contribution in [2.45, 2.75) is 58.7 Å². The van der Waals surface area contributed by atoms with Crippen molar-refractivity contribution < 1.29 is 19.2 Å². The molecule has 0 bridgehead atoms. The summed E-state index contributed by atoms with van der Waals surface area (Å²) in [7, 11) is 0. The van der Waals surface area contributed by atoms with E-state index < -0.39 is 5.97 Å². The number of ether oxygens (including phenoxy) is 1. The van der Waals surface area contributed by atoms with Crippen LogP contribution in [-0.4, -0.2) is 44.8 Å². The summed E-state index contributed by atoms with van der Waals surface area (Å²) in [5, 5.41) is 23.2. The second kappa shape index (κ2) is 11.1. The standard InChI is InChI=1S/C27H29ClN4O4/c1-16(2)35-24-7-5-20(13-21(24)14-29)27-30-26(31-36-27)22-6-4-19(11-23(22)28)15-32-9-8-18(10-17(32)3)12-25(33)34/h4-7,11,13,16-18H,8-10,12,15H2,1-3H3,(H,33,34). The highest BCUT2D eigenvalue weighted by Crippen LogP contribution is 2.32. The average Bonchev–Trinajstić information content (AvgIpc) is 3.30. The summed E-state index contributed by atoms with van der Waals surface area (Å²) < 4.78 is 11.1. The molecule has 188 valence electrons. The number of piperidine rings is 1. The first-order valence-corrected chi connectivity index (χ1v) is 12.4. The molecule has 0 spiro atoms. The van der Waals surface area contributed by atoms with Crippen LogP contribution >= 0.6 is 11.6 Å². The van der Waals surface area contributed by atoms with Crippen LogP contribution in [0, 0.1) is 17.2 Å². The molecule has 1 saturated heterocycles. The summed E-state index contributed by atoms with van der Waals surface area (Å²) in [5.41, 5.74) is 2.73. The van der Waals surface area contributed by atoms with Gasteiger partial charge in [0.15, 0.2) is 0 Å². The summed E-state index contributed by atoms with van der Waals surface area (Å²) in [6, 6.07) is 13.4. The average molecular weight is 509 g/mol. The van der Waals surface area contributed by atoms with Gasteiger partial charge in [0.2, 0.25) is 5.82 Å². The molecule has 2 aromatic carbocycles. The normalized spacial score (nSPS) is 18.2. The van der Waals surface area contributed by atoms with Crippen LogP contribution in [0.15, 0.2) is 40.9 Å². The molecule has 36 heavy (non-hydrogen) atoms. The van der Waals surface area contributed by atoms with Crippen molar-refractivity contribution in [3.8, 4) is 34.7 Å². The first-order valence-electron chi connectivity index (χ1n) is 12.0. The van der Waals surface area contributed by atoms with Crippen LogP contribution in [-0.2, 0) is 11.3 Å². The molecule has 2 atom stereocenters. The zero-order valence-electron chi connectivity index (χ0n) is 20.6. The fourth-order valence-corrected chi connectivity index (χ4v) is 4.90. The van der Waals surface area contributed by atoms with Crippen LogP contribution in [0.1, 0.15) is 51.2 Å². The molecule has 4 rings (SSSR count). The summed E-state index contributed by atoms with van der Waals surface area (Å²) in [6.45, 7) is 7.54. The van der Waals surface area contributed by atoms with Crippen LogP contribution in [0.2, 0.25) is 5.02 Å². The number of carboxylic acid groups (broad SMARTS) is 1. The van der Waals surface area contributed by atoms with Crippen LogP contribution < -0.4 is 4.74 Å². The van der Waals surface area contributed by atoms with E-state index in [-0.39, 0.29) is 24.3 Å². The SMILES string of the molecule is CC(C)Oc1ccc(-c2nc(-c3ccc(CN4CCC(CC(=O)O)CC4C)cc3Cl)no2)cc1C#N. The predicted molar refractivity (Wildman–Crippen MR) is 136 cm³/mol. The number of benzene rings is 2. The number of aromatic nitrogens is 2. The monoisotopic (exact) mass is 508 g/mol. The molecule has 1 aromatic heterocycles. The Morgan fingerprint density at radius 1 is 1.33 bits per heavy atom. The Labute approximate surface area is 215 Å². The number of aliphatic carboxylic acids is 1. The number of hydrogen-bond donors (Lipinski definition) is 1. The maximum Gasteiger partial charge on any atom is 0.303 e. The third-order valence-electron chi connectivity index (χ3n) is 6.38. The van der Waals surface area contributed by atoms with E-state index >= 15 is 0 Å². The van der Waals surface area contributed by atoms with Crippen molar-refractivity contribution in [3.63, 3.8) is 0 Å². The second-order valence-electron chi connectivity index (χ2n) is 9.53. The number of likely N-dealkylation sites (tertiary alicyclic amines) is 1. The molecular formula is C27H29ClN4O4. The minimum Gasteiger partial charge on any atom is -0.490 e. The van der Waals surface area contributed by atoms with E-state index in [0.717, 1.165) is 31.5 Å². The molecular weight excluding hydrogens is 480 g/mol. The Morgan fingerprint density at radius 2 is 2.14 bits per heavy atom. The van der Waals surface area contributed by atoms with Gasteiger partial charge in [0, 0.05) is 30.1 Å². The van der Waals surface area contributed by atoms with Crippen molar-refractivity contribution in [2.75, 3.05) is 6.54 Å². The van der Waals surface area contributed by atoms with Gasteiger partial charge in [-0.25, -0.2) is 0 Å². The zero-order valence-corrected chi connectivity index (χ0v) is 21.3. The quantitative estimate of drug-likeness (QED) is 0.406. The highest BCUT2D eigenvalue weighted by molar-refractivity contribution is 6.33. The predicted octanol–water partition coefficient (Wildman–Crippen LogP) is 5.79. The highest BCUT2D eigenvalue weighted by atomic mass is 35.5. The number of nitrogens with zero attached hydrogens (tertiary/aromatic N) is 4. The Morgan fingerprint density at radius 3 is 2.81 bits per heavy atom. The third kappa shape index (κ3) is 6.04. The molecule has 0 amide bonds. The number of hydrogen-bond acceptors (Lipinski definition) is 7. The van der Waals surface area contributed by atoms with Gasteiger partial charge in [-0.05, 0) is 82.0 Å². The van der Waals surface area contributed by atoms with Gasteiger partial charge in [0.05, 0.1) is 16.7 Å². The van der Waals surface area contributed by atoms with Crippen LogP contribution in [0.5, 0.6) is 5.75 Å². The van der Waals surface area contributed by atoms with Crippen LogP contribution in [0.4, 0.5) is 0 Å². The van der Waals surface area contributed by atoms with E-state index in [9.17, 15) is 10.1 Å². The fraction of sp³-hybridized carbons (Fsp3) is 0.407. The second-order valence-corrected chi connectivity index (χ2v) is 9.94. The lowest BCUT2D eigenvalue weighted by Crippen LogP contribution is -2.40. The molecule has 3 aromatic rings. The van der Waals surface area contributed by atoms with Gasteiger partial charge in [0.25, 0.3) is 5.89 Å². The fourth-order valence-electron chi connectivity index (χ4n) is 4.62. The zero-order chi connectivity index (χ0) is 25.8. The molecule has 1 N–H and O–H groups in total. The molecule has 0 aliphatic carbocycles. The van der Waals surface area contributed by atoms with Crippen molar-refractivity contribution >= 4 is 17.6 Å². The van der Waals surface area contributed by atoms with Gasteiger partial charge in [-0.2, -0.15) is 10.2 Å². The minimum atomic E-state index is -0.727.